The number of aromatic nitrogens is 2. The number of hydrogen-bond donors (Lipinski definition) is 3. The normalized spacial score (nSPS) is 23.6. The molecule has 1 heterocycles. The highest BCUT2D eigenvalue weighted by Crippen LogP contribution is 2.48. The fourth-order valence-electron chi connectivity index (χ4n) is 4.75. The molecule has 0 spiro atoms. The van der Waals surface area contributed by atoms with Crippen molar-refractivity contribution in [3.05, 3.63) is 78.6 Å². The predicted molar refractivity (Wildman–Crippen MR) is 117 cm³/mol. The number of carbonyl (C=O) groups is 2. The number of hydrogen-bond acceptors (Lipinski definition) is 5. The molecule has 4 atom stereocenters. The van der Waals surface area contributed by atoms with Gasteiger partial charge in [0.2, 0.25) is 11.8 Å². The third-order valence-corrected chi connectivity index (χ3v) is 6.22. The van der Waals surface area contributed by atoms with Gasteiger partial charge in [0.1, 0.15) is 6.33 Å². The first kappa shape index (κ1) is 19.2. The number of allylic oxidation sites excluding steroid dienone is 2. The van der Waals surface area contributed by atoms with Gasteiger partial charge in [0, 0.05) is 11.9 Å². The van der Waals surface area contributed by atoms with Gasteiger partial charge in [0.05, 0.1) is 17.4 Å². The molecule has 1 fully saturated rings. The summed E-state index contributed by atoms with van der Waals surface area (Å²) in [5.74, 6) is -0.359. The lowest BCUT2D eigenvalue weighted by atomic mass is 9.82. The number of anilines is 1. The van der Waals surface area contributed by atoms with Crippen LogP contribution in [0, 0.1) is 23.7 Å². The molecule has 7 heteroatoms. The van der Waals surface area contributed by atoms with Gasteiger partial charge < -0.3 is 5.32 Å². The molecule has 2 aliphatic rings. The summed E-state index contributed by atoms with van der Waals surface area (Å²) in [7, 11) is 0. The summed E-state index contributed by atoms with van der Waals surface area (Å²) < 4.78 is 0. The lowest BCUT2D eigenvalue weighted by Crippen LogP contribution is -2.45. The molecule has 2 bridgehead atoms. The Morgan fingerprint density at radius 1 is 0.871 bits per heavy atom. The zero-order valence-corrected chi connectivity index (χ0v) is 16.9. The fourth-order valence-corrected chi connectivity index (χ4v) is 4.75. The minimum absolute atomic E-state index is 0.0708. The molecule has 1 saturated carbocycles. The van der Waals surface area contributed by atoms with Crippen LogP contribution in [0.2, 0.25) is 0 Å². The predicted octanol–water partition coefficient (Wildman–Crippen LogP) is 2.83. The number of nitrogens with one attached hydrogen (secondary N) is 3. The van der Waals surface area contributed by atoms with Crippen LogP contribution in [0.3, 0.4) is 0 Å². The first-order valence-electron chi connectivity index (χ1n) is 10.5. The summed E-state index contributed by atoms with van der Waals surface area (Å²) in [4.78, 5) is 34.6. The molecule has 3 aromatic rings. The van der Waals surface area contributed by atoms with Crippen LogP contribution in [0.1, 0.15) is 12.0 Å². The Kier molecular flexibility index (Phi) is 5.08. The number of carbonyl (C=O) groups excluding carboxylic acids is 2. The molecule has 2 aromatic carbocycles. The molecule has 1 aromatic heterocycles. The molecule has 0 aliphatic heterocycles. The van der Waals surface area contributed by atoms with Gasteiger partial charge in [0.15, 0.2) is 5.82 Å². The van der Waals surface area contributed by atoms with Crippen molar-refractivity contribution in [2.24, 2.45) is 23.7 Å². The lowest BCUT2D eigenvalue weighted by Gasteiger charge is -2.26. The molecule has 156 valence electrons. The molecule has 0 unspecified atom stereocenters. The fraction of sp³-hybridized carbons (Fsp3) is 0.250. The molecule has 2 amide bonds. The van der Waals surface area contributed by atoms with E-state index in [1.165, 1.54) is 6.33 Å². The maximum atomic E-state index is 13.1. The van der Waals surface area contributed by atoms with Crippen molar-refractivity contribution in [1.82, 2.24) is 20.7 Å². The van der Waals surface area contributed by atoms with Gasteiger partial charge in [-0.2, -0.15) is 0 Å². The average molecular weight is 413 g/mol. The lowest BCUT2D eigenvalue weighted by molar-refractivity contribution is -0.135. The first-order valence-corrected chi connectivity index (χ1v) is 10.5. The van der Waals surface area contributed by atoms with E-state index in [-0.39, 0.29) is 29.6 Å². The second-order valence-electron chi connectivity index (χ2n) is 8.06. The average Bonchev–Trinajstić information content (AvgIpc) is 3.43. The van der Waals surface area contributed by atoms with Gasteiger partial charge in [-0.3, -0.25) is 20.4 Å². The molecule has 7 nitrogen and oxygen atoms in total. The van der Waals surface area contributed by atoms with Crippen LogP contribution in [0.4, 0.5) is 5.82 Å². The van der Waals surface area contributed by atoms with Crippen molar-refractivity contribution in [1.29, 1.82) is 0 Å². The third kappa shape index (κ3) is 3.74. The Morgan fingerprint density at radius 3 is 2.39 bits per heavy atom. The SMILES string of the molecule is O=C(NNc1ncnc2ccccc12)[C@@H]1[C@H](C(=O)NCc2ccccc2)[C@@H]2C=C[C@H]1C2. The van der Waals surface area contributed by atoms with Crippen LogP contribution >= 0.6 is 0 Å². The van der Waals surface area contributed by atoms with Crippen molar-refractivity contribution in [3.63, 3.8) is 0 Å². The van der Waals surface area contributed by atoms with Crippen LogP contribution in [0.15, 0.2) is 73.1 Å². The molecule has 0 saturated heterocycles. The summed E-state index contributed by atoms with van der Waals surface area (Å²) in [6, 6.07) is 17.4. The molecule has 3 N–H and O–H groups in total. The Hall–Kier alpha value is -3.74. The van der Waals surface area contributed by atoms with E-state index in [1.807, 2.05) is 54.6 Å². The summed E-state index contributed by atoms with van der Waals surface area (Å²) >= 11 is 0. The van der Waals surface area contributed by atoms with Gasteiger partial charge in [-0.1, -0.05) is 54.6 Å². The Bertz CT molecular complexity index is 1140. The van der Waals surface area contributed by atoms with Gasteiger partial charge in [0.25, 0.3) is 0 Å². The van der Waals surface area contributed by atoms with E-state index in [4.69, 9.17) is 0 Å². The Balaban J connectivity index is 1.28. The van der Waals surface area contributed by atoms with E-state index in [1.54, 1.807) is 0 Å². The highest BCUT2D eigenvalue weighted by atomic mass is 16.2. The summed E-state index contributed by atoms with van der Waals surface area (Å²) in [6.45, 7) is 0.455. The van der Waals surface area contributed by atoms with Crippen molar-refractivity contribution in [3.8, 4) is 0 Å². The van der Waals surface area contributed by atoms with Crippen molar-refractivity contribution in [2.75, 3.05) is 5.43 Å². The largest absolute Gasteiger partial charge is 0.352 e. The summed E-state index contributed by atoms with van der Waals surface area (Å²) in [5.41, 5.74) is 7.54. The zero-order valence-electron chi connectivity index (χ0n) is 16.9. The number of hydrazine groups is 1. The highest BCUT2D eigenvalue weighted by Gasteiger charge is 2.51. The number of benzene rings is 2. The smallest absolute Gasteiger partial charge is 0.242 e. The number of nitrogens with zero attached hydrogens (tertiary/aromatic N) is 2. The van der Waals surface area contributed by atoms with E-state index in [0.29, 0.717) is 12.4 Å². The van der Waals surface area contributed by atoms with E-state index in [0.717, 1.165) is 22.9 Å². The van der Waals surface area contributed by atoms with Crippen LogP contribution < -0.4 is 16.2 Å². The molecule has 2 aliphatic carbocycles. The van der Waals surface area contributed by atoms with E-state index in [9.17, 15) is 9.59 Å². The topological polar surface area (TPSA) is 96.0 Å². The van der Waals surface area contributed by atoms with Gasteiger partial charge in [-0.15, -0.1) is 0 Å². The van der Waals surface area contributed by atoms with Gasteiger partial charge >= 0.3 is 0 Å². The molecular formula is C24H23N5O2. The first-order chi connectivity index (χ1) is 15.2. The minimum atomic E-state index is -0.411. The quantitative estimate of drug-likeness (QED) is 0.427. The van der Waals surface area contributed by atoms with E-state index in [2.05, 4.69) is 38.3 Å². The van der Waals surface area contributed by atoms with Crippen LogP contribution in [0.25, 0.3) is 10.9 Å². The van der Waals surface area contributed by atoms with E-state index >= 15 is 0 Å². The van der Waals surface area contributed by atoms with Crippen LogP contribution in [0.5, 0.6) is 0 Å². The molecule has 0 radical (unpaired) electrons. The van der Waals surface area contributed by atoms with E-state index < -0.39 is 5.92 Å². The van der Waals surface area contributed by atoms with Crippen molar-refractivity contribution in [2.45, 2.75) is 13.0 Å². The molecule has 31 heavy (non-hydrogen) atoms. The standard InChI is InChI=1S/C24H23N5O2/c30-23(25-13-15-6-2-1-3-7-15)20-16-10-11-17(12-16)21(20)24(31)29-28-22-18-8-4-5-9-19(18)26-14-27-22/h1-11,14,16-17,20-21H,12-13H2,(H,25,30)(H,29,31)(H,26,27,28)/t16-,17+,20-,21+/m1/s1. The van der Waals surface area contributed by atoms with Crippen LogP contribution in [-0.2, 0) is 16.1 Å². The highest BCUT2D eigenvalue weighted by molar-refractivity contribution is 5.92. The van der Waals surface area contributed by atoms with Gasteiger partial charge in [-0.25, -0.2) is 9.97 Å². The monoisotopic (exact) mass is 413 g/mol. The maximum absolute atomic E-state index is 13.1. The Morgan fingerprint density at radius 2 is 1.58 bits per heavy atom. The summed E-state index contributed by atoms with van der Waals surface area (Å²) in [6.07, 6.45) is 6.43. The number of amides is 2. The van der Waals surface area contributed by atoms with Crippen molar-refractivity contribution >= 4 is 28.5 Å². The Labute approximate surface area is 180 Å². The zero-order chi connectivity index (χ0) is 21.2. The third-order valence-electron chi connectivity index (χ3n) is 6.22. The molecule has 5 rings (SSSR count). The van der Waals surface area contributed by atoms with Gasteiger partial charge in [-0.05, 0) is 36.0 Å². The van der Waals surface area contributed by atoms with Crippen LogP contribution in [-0.4, -0.2) is 21.8 Å². The number of para-hydroxylation sites is 1. The second kappa shape index (κ2) is 8.18. The minimum Gasteiger partial charge on any atom is -0.352 e. The second-order valence-corrected chi connectivity index (χ2v) is 8.06. The summed E-state index contributed by atoms with van der Waals surface area (Å²) in [5, 5.41) is 3.83. The maximum Gasteiger partial charge on any atom is 0.242 e. The number of fused-ring (bicyclic) bond motifs is 3. The molecular weight excluding hydrogens is 390 g/mol. The number of rotatable bonds is 6. The van der Waals surface area contributed by atoms with Crippen molar-refractivity contribution < 1.29 is 9.59 Å².